The van der Waals surface area contributed by atoms with Gasteiger partial charge in [-0.3, -0.25) is 4.79 Å². The Morgan fingerprint density at radius 2 is 2.16 bits per heavy atom. The molecule has 1 N–H and O–H groups in total. The molecule has 2 aromatic heterocycles. The summed E-state index contributed by atoms with van der Waals surface area (Å²) in [6.45, 7) is 3.07. The van der Waals surface area contributed by atoms with Crippen LogP contribution >= 0.6 is 0 Å². The molecular weight excluding hydrogens is 328 g/mol. The third-order valence-electron chi connectivity index (χ3n) is 4.94. The van der Waals surface area contributed by atoms with Gasteiger partial charge in [-0.15, -0.1) is 0 Å². The van der Waals surface area contributed by atoms with E-state index in [0.717, 1.165) is 32.5 Å². The van der Waals surface area contributed by atoms with E-state index < -0.39 is 6.43 Å². The van der Waals surface area contributed by atoms with Gasteiger partial charge in [-0.05, 0) is 49.9 Å². The second kappa shape index (κ2) is 6.45. The van der Waals surface area contributed by atoms with E-state index in [1.807, 2.05) is 0 Å². The smallest absolute Gasteiger partial charge is 0.299 e. The van der Waals surface area contributed by atoms with Gasteiger partial charge in [0.25, 0.3) is 12.3 Å². The number of carbonyl (C=O) groups excluding carboxylic acids is 1. The van der Waals surface area contributed by atoms with Crippen LogP contribution in [0.1, 0.15) is 28.9 Å². The van der Waals surface area contributed by atoms with Gasteiger partial charge in [0.05, 0.1) is 5.56 Å². The highest BCUT2D eigenvalue weighted by atomic mass is 19.3. The summed E-state index contributed by atoms with van der Waals surface area (Å²) in [7, 11) is 0. The first-order valence-corrected chi connectivity index (χ1v) is 8.31. The van der Waals surface area contributed by atoms with Gasteiger partial charge in [0.15, 0.2) is 5.58 Å². The van der Waals surface area contributed by atoms with E-state index in [-0.39, 0.29) is 23.2 Å². The van der Waals surface area contributed by atoms with Crippen molar-refractivity contribution in [3.05, 3.63) is 29.7 Å². The Morgan fingerprint density at radius 1 is 1.36 bits per heavy atom. The van der Waals surface area contributed by atoms with Crippen molar-refractivity contribution in [2.45, 2.75) is 25.3 Å². The number of aromatic nitrogens is 1. The minimum absolute atomic E-state index is 0.134. The Morgan fingerprint density at radius 3 is 2.84 bits per heavy atom. The molecule has 5 rings (SSSR count). The third-order valence-corrected chi connectivity index (χ3v) is 4.94. The van der Waals surface area contributed by atoms with Crippen molar-refractivity contribution >= 4 is 17.0 Å². The monoisotopic (exact) mass is 345 g/mol. The van der Waals surface area contributed by atoms with Crippen LogP contribution in [0.25, 0.3) is 11.1 Å². The lowest BCUT2D eigenvalue weighted by molar-refractivity contribution is 0.0618. The summed E-state index contributed by atoms with van der Waals surface area (Å²) < 4.78 is 29.8. The van der Waals surface area contributed by atoms with Crippen LogP contribution < -0.4 is 5.32 Å². The first kappa shape index (κ1) is 16.0. The molecular formula is C18H17F2N3O2. The fourth-order valence-electron chi connectivity index (χ4n) is 3.63. The standard InChI is InChI=1S/C18H17F2N3O2/c19-16(20)4-1-12-10-25-15-3-2-13(21-17(12)15)18(24)22-14-9-23-7-5-11(14)6-8-23/h2-3,10-11,14,16H,5-9H2,(H,22,24)/t14-/m0/s1. The van der Waals surface area contributed by atoms with E-state index in [1.165, 1.54) is 6.26 Å². The number of hydrogen-bond donors (Lipinski definition) is 1. The summed E-state index contributed by atoms with van der Waals surface area (Å²) in [5.74, 6) is 4.38. The molecule has 3 aliphatic rings. The molecule has 0 saturated carbocycles. The van der Waals surface area contributed by atoms with Gasteiger partial charge in [-0.2, -0.15) is 8.78 Å². The van der Waals surface area contributed by atoms with E-state index in [4.69, 9.17) is 4.42 Å². The lowest BCUT2D eigenvalue weighted by atomic mass is 9.84. The molecule has 0 unspecified atom stereocenters. The number of nitrogens with one attached hydrogen (secondary N) is 1. The predicted octanol–water partition coefficient (Wildman–Crippen LogP) is 2.27. The normalized spacial score (nSPS) is 25.0. The van der Waals surface area contributed by atoms with Crippen molar-refractivity contribution in [3.8, 4) is 11.8 Å². The summed E-state index contributed by atoms with van der Waals surface area (Å²) in [6, 6.07) is 3.32. The molecule has 2 aromatic rings. The van der Waals surface area contributed by atoms with Crippen molar-refractivity contribution in [1.29, 1.82) is 0 Å². The Labute approximate surface area is 143 Å². The zero-order chi connectivity index (χ0) is 17.4. The number of piperidine rings is 3. The van der Waals surface area contributed by atoms with Crippen molar-refractivity contribution in [1.82, 2.24) is 15.2 Å². The van der Waals surface area contributed by atoms with Gasteiger partial charge in [0, 0.05) is 12.6 Å². The second-order valence-corrected chi connectivity index (χ2v) is 6.48. The number of furan rings is 1. The molecule has 0 aliphatic carbocycles. The SMILES string of the molecule is O=C(N[C@H]1CN2CCC1CC2)c1ccc2occ(C#CC(F)F)c2n1. The first-order valence-electron chi connectivity index (χ1n) is 8.31. The van der Waals surface area contributed by atoms with E-state index in [9.17, 15) is 13.6 Å². The van der Waals surface area contributed by atoms with Gasteiger partial charge < -0.3 is 14.6 Å². The molecule has 3 aliphatic heterocycles. The summed E-state index contributed by atoms with van der Waals surface area (Å²) in [5.41, 5.74) is 1.24. The van der Waals surface area contributed by atoms with Gasteiger partial charge >= 0.3 is 0 Å². The van der Waals surface area contributed by atoms with Crippen molar-refractivity contribution in [2.75, 3.05) is 19.6 Å². The number of pyridine rings is 1. The quantitative estimate of drug-likeness (QED) is 0.849. The van der Waals surface area contributed by atoms with Crippen LogP contribution in [0.2, 0.25) is 0 Å². The molecule has 5 heterocycles. The van der Waals surface area contributed by atoms with Crippen LogP contribution in [0.3, 0.4) is 0 Å². The zero-order valence-corrected chi connectivity index (χ0v) is 13.5. The van der Waals surface area contributed by atoms with E-state index in [1.54, 1.807) is 18.1 Å². The molecule has 1 amide bonds. The molecule has 130 valence electrons. The Balaban J connectivity index is 1.55. The largest absolute Gasteiger partial charge is 0.461 e. The fraction of sp³-hybridized carbons (Fsp3) is 0.444. The molecule has 25 heavy (non-hydrogen) atoms. The van der Waals surface area contributed by atoms with E-state index in [0.29, 0.717) is 17.0 Å². The molecule has 3 fully saturated rings. The Kier molecular flexibility index (Phi) is 4.14. The highest BCUT2D eigenvalue weighted by Gasteiger charge is 2.35. The van der Waals surface area contributed by atoms with Crippen LogP contribution in [0, 0.1) is 17.8 Å². The van der Waals surface area contributed by atoms with Crippen LogP contribution in [0.4, 0.5) is 8.78 Å². The van der Waals surface area contributed by atoms with Crippen LogP contribution in [0.5, 0.6) is 0 Å². The van der Waals surface area contributed by atoms with Gasteiger partial charge in [-0.1, -0.05) is 5.92 Å². The lowest BCUT2D eigenvalue weighted by Gasteiger charge is -2.44. The predicted molar refractivity (Wildman–Crippen MR) is 87.3 cm³/mol. The molecule has 5 nitrogen and oxygen atoms in total. The molecule has 0 aromatic carbocycles. The fourth-order valence-corrected chi connectivity index (χ4v) is 3.63. The van der Waals surface area contributed by atoms with Gasteiger partial charge in [0.1, 0.15) is 17.5 Å². The topological polar surface area (TPSA) is 58.4 Å². The molecule has 1 atom stereocenters. The highest BCUT2D eigenvalue weighted by Crippen LogP contribution is 2.27. The minimum Gasteiger partial charge on any atom is -0.461 e. The first-order chi connectivity index (χ1) is 12.1. The number of hydrogen-bond acceptors (Lipinski definition) is 4. The maximum absolute atomic E-state index is 12.6. The highest BCUT2D eigenvalue weighted by molar-refractivity contribution is 5.95. The minimum atomic E-state index is -2.73. The van der Waals surface area contributed by atoms with Gasteiger partial charge in [0.2, 0.25) is 0 Å². The lowest BCUT2D eigenvalue weighted by Crippen LogP contribution is -2.57. The average Bonchev–Trinajstić information content (AvgIpc) is 3.03. The number of fused-ring (bicyclic) bond motifs is 4. The third kappa shape index (κ3) is 3.22. The van der Waals surface area contributed by atoms with Crippen LogP contribution in [-0.4, -0.2) is 47.9 Å². The maximum atomic E-state index is 12.6. The zero-order valence-electron chi connectivity index (χ0n) is 13.5. The van der Waals surface area contributed by atoms with Crippen LogP contribution in [0.15, 0.2) is 22.8 Å². The van der Waals surface area contributed by atoms with E-state index in [2.05, 4.69) is 21.1 Å². The van der Waals surface area contributed by atoms with Crippen LogP contribution in [-0.2, 0) is 0 Å². The summed E-state index contributed by atoms with van der Waals surface area (Å²) in [5, 5.41) is 3.06. The molecule has 0 spiro atoms. The van der Waals surface area contributed by atoms with Crippen molar-refractivity contribution in [3.63, 3.8) is 0 Å². The maximum Gasteiger partial charge on any atom is 0.299 e. The van der Waals surface area contributed by atoms with E-state index >= 15 is 0 Å². The molecule has 2 bridgehead atoms. The average molecular weight is 345 g/mol. The summed E-state index contributed by atoms with van der Waals surface area (Å²) >= 11 is 0. The number of rotatable bonds is 2. The van der Waals surface area contributed by atoms with Gasteiger partial charge in [-0.25, -0.2) is 4.98 Å². The second-order valence-electron chi connectivity index (χ2n) is 6.48. The Bertz CT molecular complexity index is 860. The van der Waals surface area contributed by atoms with Crippen molar-refractivity contribution in [2.24, 2.45) is 5.92 Å². The Hall–Kier alpha value is -2.46. The number of amides is 1. The number of carbonyl (C=O) groups is 1. The molecule has 7 heteroatoms. The van der Waals surface area contributed by atoms with Crippen molar-refractivity contribution < 1.29 is 18.0 Å². The summed E-state index contributed by atoms with van der Waals surface area (Å²) in [4.78, 5) is 19.2. The number of alkyl halides is 2. The number of halogens is 2. The molecule has 0 radical (unpaired) electrons. The summed E-state index contributed by atoms with van der Waals surface area (Å²) in [6.07, 6.45) is 0.759. The molecule has 3 saturated heterocycles. The number of nitrogens with zero attached hydrogens (tertiary/aromatic N) is 2.